The van der Waals surface area contributed by atoms with Crippen molar-refractivity contribution in [3.05, 3.63) is 22.4 Å². The van der Waals surface area contributed by atoms with Gasteiger partial charge in [0.25, 0.3) is 0 Å². The van der Waals surface area contributed by atoms with Gasteiger partial charge < -0.3 is 0 Å². The molecule has 0 unspecified atom stereocenters. The lowest BCUT2D eigenvalue weighted by molar-refractivity contribution is 0.0935. The molecule has 0 aromatic carbocycles. The second-order valence-corrected chi connectivity index (χ2v) is 6.36. The monoisotopic (exact) mass is 220 g/mol. The summed E-state index contributed by atoms with van der Waals surface area (Å²) in [5.41, 5.74) is 0. The predicted molar refractivity (Wildman–Crippen MR) is 66.2 cm³/mol. The third kappa shape index (κ3) is 1.99. The van der Waals surface area contributed by atoms with E-state index < -0.39 is 0 Å². The molecule has 82 valence electrons. The van der Waals surface area contributed by atoms with E-state index in [1.165, 1.54) is 44.9 Å². The highest BCUT2D eigenvalue weighted by Crippen LogP contribution is 2.46. The van der Waals surface area contributed by atoms with Gasteiger partial charge in [-0.25, -0.2) is 0 Å². The van der Waals surface area contributed by atoms with Gasteiger partial charge in [-0.15, -0.1) is 11.3 Å². The summed E-state index contributed by atoms with van der Waals surface area (Å²) in [5, 5.41) is 2.23. The van der Waals surface area contributed by atoms with E-state index in [1.807, 2.05) is 11.3 Å². The van der Waals surface area contributed by atoms with Gasteiger partial charge in [0.2, 0.25) is 0 Å². The molecule has 0 amide bonds. The molecule has 0 N–H and O–H groups in total. The molecule has 1 heteroatoms. The summed E-state index contributed by atoms with van der Waals surface area (Å²) in [7, 11) is 0. The van der Waals surface area contributed by atoms with Crippen LogP contribution < -0.4 is 0 Å². The molecule has 0 atom stereocenters. The van der Waals surface area contributed by atoms with E-state index in [1.54, 1.807) is 4.88 Å². The SMILES string of the molecule is c1csc(CC(C2CCC2)C2CCC2)c1. The molecule has 2 aliphatic rings. The molecule has 2 saturated carbocycles. The molecule has 0 saturated heterocycles. The lowest BCUT2D eigenvalue weighted by Crippen LogP contribution is -2.33. The lowest BCUT2D eigenvalue weighted by atomic mass is 9.63. The summed E-state index contributed by atoms with van der Waals surface area (Å²) in [6.07, 6.45) is 10.5. The maximum Gasteiger partial charge on any atom is 0.00481 e. The number of thiophene rings is 1. The Morgan fingerprint density at radius 1 is 1.13 bits per heavy atom. The fourth-order valence-corrected chi connectivity index (χ4v) is 3.89. The van der Waals surface area contributed by atoms with E-state index in [2.05, 4.69) is 17.5 Å². The van der Waals surface area contributed by atoms with Crippen LogP contribution >= 0.6 is 11.3 Å². The van der Waals surface area contributed by atoms with Gasteiger partial charge in [0.15, 0.2) is 0 Å². The van der Waals surface area contributed by atoms with Crippen LogP contribution in [0.4, 0.5) is 0 Å². The minimum Gasteiger partial charge on any atom is -0.149 e. The van der Waals surface area contributed by atoms with Gasteiger partial charge in [0.1, 0.15) is 0 Å². The Morgan fingerprint density at radius 2 is 1.80 bits per heavy atom. The van der Waals surface area contributed by atoms with E-state index in [0.717, 1.165) is 17.8 Å². The summed E-state index contributed by atoms with van der Waals surface area (Å²) in [6.45, 7) is 0. The van der Waals surface area contributed by atoms with Crippen LogP contribution in [0.2, 0.25) is 0 Å². The zero-order valence-corrected chi connectivity index (χ0v) is 10.1. The standard InChI is InChI=1S/C14H20S/c1-4-11(5-1)14(12-6-2-7-12)10-13-8-3-9-15-13/h3,8-9,11-12,14H,1-2,4-7,10H2. The molecule has 2 aliphatic carbocycles. The van der Waals surface area contributed by atoms with E-state index in [9.17, 15) is 0 Å². The highest BCUT2D eigenvalue weighted by Gasteiger charge is 2.35. The van der Waals surface area contributed by atoms with Crippen molar-refractivity contribution < 1.29 is 0 Å². The van der Waals surface area contributed by atoms with Crippen molar-refractivity contribution in [1.29, 1.82) is 0 Å². The summed E-state index contributed by atoms with van der Waals surface area (Å²) >= 11 is 1.96. The van der Waals surface area contributed by atoms with Crippen molar-refractivity contribution in [2.75, 3.05) is 0 Å². The van der Waals surface area contributed by atoms with Gasteiger partial charge in [0, 0.05) is 4.88 Å². The fourth-order valence-electron chi connectivity index (χ4n) is 3.12. The van der Waals surface area contributed by atoms with Crippen LogP contribution in [-0.4, -0.2) is 0 Å². The van der Waals surface area contributed by atoms with E-state index in [0.29, 0.717) is 0 Å². The Hall–Kier alpha value is -0.300. The molecule has 3 rings (SSSR count). The van der Waals surface area contributed by atoms with Crippen LogP contribution in [0.3, 0.4) is 0 Å². The molecule has 15 heavy (non-hydrogen) atoms. The van der Waals surface area contributed by atoms with Crippen molar-refractivity contribution in [3.63, 3.8) is 0 Å². The zero-order valence-electron chi connectivity index (χ0n) is 9.32. The molecule has 0 bridgehead atoms. The number of rotatable bonds is 4. The number of hydrogen-bond donors (Lipinski definition) is 0. The zero-order chi connectivity index (χ0) is 10.1. The summed E-state index contributed by atoms with van der Waals surface area (Å²) in [5.74, 6) is 3.20. The first kappa shape index (κ1) is 9.89. The molecule has 1 heterocycles. The molecule has 0 nitrogen and oxygen atoms in total. The molecule has 1 aromatic heterocycles. The van der Waals surface area contributed by atoms with Crippen LogP contribution in [0.1, 0.15) is 43.4 Å². The Morgan fingerprint density at radius 3 is 2.20 bits per heavy atom. The third-order valence-electron chi connectivity index (χ3n) is 4.53. The quantitative estimate of drug-likeness (QED) is 0.700. The van der Waals surface area contributed by atoms with Crippen molar-refractivity contribution in [3.8, 4) is 0 Å². The van der Waals surface area contributed by atoms with Gasteiger partial charge in [-0.3, -0.25) is 0 Å². The van der Waals surface area contributed by atoms with Gasteiger partial charge in [-0.1, -0.05) is 44.6 Å². The highest BCUT2D eigenvalue weighted by atomic mass is 32.1. The van der Waals surface area contributed by atoms with Crippen LogP contribution in [0.15, 0.2) is 17.5 Å². The molecule has 1 aromatic rings. The molecule has 0 aliphatic heterocycles. The second-order valence-electron chi connectivity index (χ2n) is 5.33. The second kappa shape index (κ2) is 4.29. The van der Waals surface area contributed by atoms with Gasteiger partial charge >= 0.3 is 0 Å². The van der Waals surface area contributed by atoms with Gasteiger partial charge in [-0.2, -0.15) is 0 Å². The van der Waals surface area contributed by atoms with Crippen molar-refractivity contribution in [2.24, 2.45) is 17.8 Å². The lowest BCUT2D eigenvalue weighted by Gasteiger charge is -2.42. The van der Waals surface area contributed by atoms with E-state index in [4.69, 9.17) is 0 Å². The molecule has 0 radical (unpaired) electrons. The molecular formula is C14H20S. The maximum absolute atomic E-state index is 2.33. The highest BCUT2D eigenvalue weighted by molar-refractivity contribution is 7.09. The topological polar surface area (TPSA) is 0 Å². The van der Waals surface area contributed by atoms with Crippen LogP contribution in [0.5, 0.6) is 0 Å². The van der Waals surface area contributed by atoms with Crippen LogP contribution in [0.25, 0.3) is 0 Å². The summed E-state index contributed by atoms with van der Waals surface area (Å²) in [6, 6.07) is 4.54. The van der Waals surface area contributed by atoms with Crippen molar-refractivity contribution >= 4 is 11.3 Å². The Labute approximate surface area is 96.7 Å². The first-order valence-electron chi connectivity index (χ1n) is 6.46. The van der Waals surface area contributed by atoms with Crippen LogP contribution in [0, 0.1) is 17.8 Å². The van der Waals surface area contributed by atoms with E-state index >= 15 is 0 Å². The first-order chi connectivity index (χ1) is 7.43. The summed E-state index contributed by atoms with van der Waals surface area (Å²) < 4.78 is 0. The van der Waals surface area contributed by atoms with E-state index in [-0.39, 0.29) is 0 Å². The smallest absolute Gasteiger partial charge is 0.00481 e. The normalized spacial score (nSPS) is 22.7. The minimum absolute atomic E-state index is 1.03. The summed E-state index contributed by atoms with van der Waals surface area (Å²) in [4.78, 5) is 1.62. The predicted octanol–water partition coefficient (Wildman–Crippen LogP) is 4.51. The molecule has 0 spiro atoms. The Kier molecular flexibility index (Phi) is 2.83. The van der Waals surface area contributed by atoms with Crippen molar-refractivity contribution in [2.45, 2.75) is 44.9 Å². The van der Waals surface area contributed by atoms with Crippen LogP contribution in [-0.2, 0) is 6.42 Å². The average molecular weight is 220 g/mol. The molecular weight excluding hydrogens is 200 g/mol. The van der Waals surface area contributed by atoms with Gasteiger partial charge in [0.05, 0.1) is 0 Å². The van der Waals surface area contributed by atoms with Gasteiger partial charge in [-0.05, 0) is 35.6 Å². The largest absolute Gasteiger partial charge is 0.149 e. The fraction of sp³-hybridized carbons (Fsp3) is 0.714. The van der Waals surface area contributed by atoms with Crippen molar-refractivity contribution in [1.82, 2.24) is 0 Å². The average Bonchev–Trinajstić information content (AvgIpc) is 2.49. The molecule has 2 fully saturated rings. The Bertz CT molecular complexity index is 279. The third-order valence-corrected chi connectivity index (χ3v) is 5.43. The number of hydrogen-bond acceptors (Lipinski definition) is 1. The maximum atomic E-state index is 2.33. The minimum atomic E-state index is 1.03. The first-order valence-corrected chi connectivity index (χ1v) is 7.34. The Balaban J connectivity index is 1.66.